The van der Waals surface area contributed by atoms with Crippen LogP contribution >= 0.6 is 0 Å². The highest BCUT2D eigenvalue weighted by Gasteiger charge is 2.19. The molecule has 0 spiro atoms. The SMILES string of the molecule is CCNCc1cn(CC(=O)N2CCN(C)CC2)cn1. The van der Waals surface area contributed by atoms with Crippen LogP contribution in [0.5, 0.6) is 0 Å². The Morgan fingerprint density at radius 2 is 2.11 bits per heavy atom. The van der Waals surface area contributed by atoms with Crippen LogP contribution in [0.15, 0.2) is 12.5 Å². The number of nitrogens with one attached hydrogen (secondary N) is 1. The molecule has 1 aromatic rings. The molecule has 1 amide bonds. The van der Waals surface area contributed by atoms with Crippen LogP contribution in [-0.2, 0) is 17.9 Å². The number of amides is 1. The summed E-state index contributed by atoms with van der Waals surface area (Å²) in [6, 6.07) is 0. The summed E-state index contributed by atoms with van der Waals surface area (Å²) >= 11 is 0. The topological polar surface area (TPSA) is 53.4 Å². The van der Waals surface area contributed by atoms with E-state index in [9.17, 15) is 4.79 Å². The largest absolute Gasteiger partial charge is 0.339 e. The van der Waals surface area contributed by atoms with E-state index in [1.807, 2.05) is 15.7 Å². The first-order valence-electron chi connectivity index (χ1n) is 6.86. The predicted molar refractivity (Wildman–Crippen MR) is 73.7 cm³/mol. The van der Waals surface area contributed by atoms with Gasteiger partial charge in [0.05, 0.1) is 12.0 Å². The van der Waals surface area contributed by atoms with Crippen molar-refractivity contribution in [3.63, 3.8) is 0 Å². The van der Waals surface area contributed by atoms with Gasteiger partial charge in [-0.1, -0.05) is 6.92 Å². The minimum atomic E-state index is 0.181. The Bertz CT molecular complexity index is 409. The standard InChI is InChI=1S/C13H23N5O/c1-3-14-8-12-9-17(11-15-12)10-13(19)18-6-4-16(2)5-7-18/h9,11,14H,3-8,10H2,1-2H3. The molecule has 19 heavy (non-hydrogen) atoms. The second kappa shape index (κ2) is 6.68. The van der Waals surface area contributed by atoms with E-state index in [2.05, 4.69) is 29.2 Å². The number of aromatic nitrogens is 2. The molecule has 1 aliphatic heterocycles. The predicted octanol–water partition coefficient (Wildman–Crippen LogP) is -0.233. The van der Waals surface area contributed by atoms with E-state index in [1.165, 1.54) is 0 Å². The maximum Gasteiger partial charge on any atom is 0.242 e. The summed E-state index contributed by atoms with van der Waals surface area (Å²) in [5.74, 6) is 0.181. The lowest BCUT2D eigenvalue weighted by Crippen LogP contribution is -2.48. The van der Waals surface area contributed by atoms with Crippen molar-refractivity contribution in [3.8, 4) is 0 Å². The van der Waals surface area contributed by atoms with Gasteiger partial charge in [-0.15, -0.1) is 0 Å². The molecule has 0 unspecified atom stereocenters. The van der Waals surface area contributed by atoms with Crippen molar-refractivity contribution < 1.29 is 4.79 Å². The quantitative estimate of drug-likeness (QED) is 0.799. The molecule has 0 aliphatic carbocycles. The van der Waals surface area contributed by atoms with Crippen LogP contribution in [0, 0.1) is 0 Å². The zero-order valence-electron chi connectivity index (χ0n) is 11.8. The third-order valence-corrected chi connectivity index (χ3v) is 3.42. The normalized spacial score (nSPS) is 16.8. The molecule has 0 radical (unpaired) electrons. The van der Waals surface area contributed by atoms with Crippen molar-refractivity contribution in [2.45, 2.75) is 20.0 Å². The summed E-state index contributed by atoms with van der Waals surface area (Å²) in [4.78, 5) is 20.6. The minimum absolute atomic E-state index is 0.181. The summed E-state index contributed by atoms with van der Waals surface area (Å²) in [5, 5.41) is 3.22. The average Bonchev–Trinajstić information content (AvgIpc) is 2.84. The van der Waals surface area contributed by atoms with E-state index >= 15 is 0 Å². The summed E-state index contributed by atoms with van der Waals surface area (Å²) in [6.07, 6.45) is 3.68. The van der Waals surface area contributed by atoms with Gasteiger partial charge < -0.3 is 19.7 Å². The van der Waals surface area contributed by atoms with Crippen molar-refractivity contribution >= 4 is 5.91 Å². The molecule has 2 heterocycles. The van der Waals surface area contributed by atoms with Crippen molar-refractivity contribution in [2.24, 2.45) is 0 Å². The number of imidazole rings is 1. The van der Waals surface area contributed by atoms with Crippen LogP contribution in [-0.4, -0.2) is 65.0 Å². The van der Waals surface area contributed by atoms with Gasteiger partial charge in [-0.2, -0.15) is 0 Å². The van der Waals surface area contributed by atoms with Gasteiger partial charge in [0, 0.05) is 38.9 Å². The van der Waals surface area contributed by atoms with Crippen molar-refractivity contribution in [1.29, 1.82) is 0 Å². The zero-order chi connectivity index (χ0) is 13.7. The lowest BCUT2D eigenvalue weighted by Gasteiger charge is -2.32. The van der Waals surface area contributed by atoms with E-state index in [0.717, 1.165) is 45.0 Å². The lowest BCUT2D eigenvalue weighted by atomic mass is 10.3. The first-order valence-corrected chi connectivity index (χ1v) is 6.86. The lowest BCUT2D eigenvalue weighted by molar-refractivity contribution is -0.133. The van der Waals surface area contributed by atoms with Gasteiger partial charge in [-0.25, -0.2) is 4.98 Å². The Morgan fingerprint density at radius 1 is 1.37 bits per heavy atom. The summed E-state index contributed by atoms with van der Waals surface area (Å²) < 4.78 is 1.87. The number of hydrogen-bond donors (Lipinski definition) is 1. The fourth-order valence-electron chi connectivity index (χ4n) is 2.15. The monoisotopic (exact) mass is 265 g/mol. The van der Waals surface area contributed by atoms with E-state index in [0.29, 0.717) is 6.54 Å². The Balaban J connectivity index is 1.83. The van der Waals surface area contributed by atoms with Crippen molar-refractivity contribution in [3.05, 3.63) is 18.2 Å². The summed E-state index contributed by atoms with van der Waals surface area (Å²) in [7, 11) is 2.09. The number of rotatable bonds is 5. The molecule has 0 atom stereocenters. The fourth-order valence-corrected chi connectivity index (χ4v) is 2.15. The highest BCUT2D eigenvalue weighted by molar-refractivity contribution is 5.76. The number of carbonyl (C=O) groups is 1. The van der Waals surface area contributed by atoms with Gasteiger partial charge >= 0.3 is 0 Å². The zero-order valence-corrected chi connectivity index (χ0v) is 11.8. The first kappa shape index (κ1) is 14.0. The average molecular weight is 265 g/mol. The van der Waals surface area contributed by atoms with Gasteiger partial charge in [0.25, 0.3) is 0 Å². The molecule has 6 nitrogen and oxygen atoms in total. The van der Waals surface area contributed by atoms with E-state index < -0.39 is 0 Å². The Hall–Kier alpha value is -1.40. The highest BCUT2D eigenvalue weighted by Crippen LogP contribution is 2.02. The number of likely N-dealkylation sites (N-methyl/N-ethyl adjacent to an activating group) is 1. The Morgan fingerprint density at radius 3 is 2.79 bits per heavy atom. The molecule has 106 valence electrons. The molecular weight excluding hydrogens is 242 g/mol. The van der Waals surface area contributed by atoms with Gasteiger partial charge in [0.2, 0.25) is 5.91 Å². The van der Waals surface area contributed by atoms with Crippen LogP contribution in [0.3, 0.4) is 0 Å². The Labute approximate surface area is 114 Å². The van der Waals surface area contributed by atoms with Crippen molar-refractivity contribution in [2.75, 3.05) is 39.8 Å². The third-order valence-electron chi connectivity index (χ3n) is 3.42. The second-order valence-corrected chi connectivity index (χ2v) is 5.00. The smallest absolute Gasteiger partial charge is 0.242 e. The van der Waals surface area contributed by atoms with Crippen LogP contribution in [0.1, 0.15) is 12.6 Å². The molecule has 2 rings (SSSR count). The number of carbonyl (C=O) groups excluding carboxylic acids is 1. The molecular formula is C13H23N5O. The van der Waals surface area contributed by atoms with E-state index in [-0.39, 0.29) is 5.91 Å². The molecule has 0 bridgehead atoms. The van der Waals surface area contributed by atoms with E-state index in [1.54, 1.807) is 6.33 Å². The van der Waals surface area contributed by atoms with Crippen LogP contribution in [0.2, 0.25) is 0 Å². The minimum Gasteiger partial charge on any atom is -0.339 e. The highest BCUT2D eigenvalue weighted by atomic mass is 16.2. The number of piperazine rings is 1. The molecule has 1 N–H and O–H groups in total. The fraction of sp³-hybridized carbons (Fsp3) is 0.692. The number of nitrogens with zero attached hydrogens (tertiary/aromatic N) is 4. The van der Waals surface area contributed by atoms with Crippen LogP contribution < -0.4 is 5.32 Å². The summed E-state index contributed by atoms with van der Waals surface area (Å²) in [6.45, 7) is 7.71. The molecule has 1 aliphatic rings. The second-order valence-electron chi connectivity index (χ2n) is 5.00. The molecule has 0 aromatic carbocycles. The van der Waals surface area contributed by atoms with Crippen LogP contribution in [0.4, 0.5) is 0 Å². The van der Waals surface area contributed by atoms with E-state index in [4.69, 9.17) is 0 Å². The molecule has 1 aromatic heterocycles. The summed E-state index contributed by atoms with van der Waals surface area (Å²) in [5.41, 5.74) is 0.980. The molecule has 1 saturated heterocycles. The van der Waals surface area contributed by atoms with Gasteiger partial charge in [0.15, 0.2) is 0 Å². The molecule has 0 saturated carbocycles. The first-order chi connectivity index (χ1) is 9.19. The maximum absolute atomic E-state index is 12.1. The Kier molecular flexibility index (Phi) is 4.93. The van der Waals surface area contributed by atoms with Gasteiger partial charge in [-0.05, 0) is 13.6 Å². The number of hydrogen-bond acceptors (Lipinski definition) is 4. The molecule has 1 fully saturated rings. The van der Waals surface area contributed by atoms with Crippen LogP contribution in [0.25, 0.3) is 0 Å². The third kappa shape index (κ3) is 4.04. The molecule has 6 heteroatoms. The maximum atomic E-state index is 12.1. The van der Waals surface area contributed by atoms with Gasteiger partial charge in [-0.3, -0.25) is 4.79 Å². The van der Waals surface area contributed by atoms with Gasteiger partial charge in [0.1, 0.15) is 6.54 Å². The van der Waals surface area contributed by atoms with Crippen molar-refractivity contribution in [1.82, 2.24) is 24.7 Å².